The molecule has 0 aliphatic carbocycles. The van der Waals surface area contributed by atoms with Gasteiger partial charge in [-0.3, -0.25) is 0 Å². The Hall–Kier alpha value is -2.37. The monoisotopic (exact) mass is 332 g/mol. The van der Waals surface area contributed by atoms with Crippen LogP contribution in [0.25, 0.3) is 16.9 Å². The Kier molecular flexibility index (Phi) is 3.83. The van der Waals surface area contributed by atoms with Gasteiger partial charge in [0.1, 0.15) is 5.69 Å². The number of nitrogen functional groups attached to an aromatic ring is 1. The van der Waals surface area contributed by atoms with E-state index < -0.39 is 0 Å². The van der Waals surface area contributed by atoms with Gasteiger partial charge in [0.05, 0.1) is 5.69 Å². The van der Waals surface area contributed by atoms with Gasteiger partial charge in [-0.2, -0.15) is 5.10 Å². The van der Waals surface area contributed by atoms with Crippen LogP contribution in [0.15, 0.2) is 53.7 Å². The fourth-order valence-corrected chi connectivity index (χ4v) is 2.35. The fourth-order valence-electron chi connectivity index (χ4n) is 2.09. The van der Waals surface area contributed by atoms with Gasteiger partial charge in [-0.15, -0.1) is 4.91 Å². The molecule has 1 heterocycles. The number of benzene rings is 2. The van der Waals surface area contributed by atoms with E-state index in [9.17, 15) is 4.91 Å². The highest BCUT2D eigenvalue weighted by Crippen LogP contribution is 2.36. The van der Waals surface area contributed by atoms with Crippen LogP contribution in [0.5, 0.6) is 0 Å². The van der Waals surface area contributed by atoms with Gasteiger partial charge in [0, 0.05) is 15.6 Å². The van der Waals surface area contributed by atoms with Gasteiger partial charge < -0.3 is 5.73 Å². The Morgan fingerprint density at radius 2 is 1.50 bits per heavy atom. The number of nitrogens with two attached hydrogens (primary N) is 1. The molecule has 0 saturated carbocycles. The first-order chi connectivity index (χ1) is 10.6. The summed E-state index contributed by atoms with van der Waals surface area (Å²) in [4.78, 5) is 11.2. The van der Waals surface area contributed by atoms with Crippen LogP contribution in [0.3, 0.4) is 0 Å². The SMILES string of the molecule is Nc1c(N=O)c(-c2ccc(Cl)cc2)nn1-c1ccc(Cl)cc1. The lowest BCUT2D eigenvalue weighted by molar-refractivity contribution is 0.895. The minimum Gasteiger partial charge on any atom is -0.382 e. The molecule has 0 amide bonds. The summed E-state index contributed by atoms with van der Waals surface area (Å²) in [6.07, 6.45) is 0. The molecular formula is C15H10Cl2N4O. The van der Waals surface area contributed by atoms with E-state index in [4.69, 9.17) is 28.9 Å². The molecular weight excluding hydrogens is 323 g/mol. The fraction of sp³-hybridized carbons (Fsp3) is 0. The topological polar surface area (TPSA) is 73.3 Å². The van der Waals surface area contributed by atoms with Crippen molar-refractivity contribution in [1.29, 1.82) is 0 Å². The van der Waals surface area contributed by atoms with Crippen molar-refractivity contribution in [3.63, 3.8) is 0 Å². The maximum atomic E-state index is 11.2. The zero-order valence-corrected chi connectivity index (χ0v) is 12.7. The van der Waals surface area contributed by atoms with E-state index >= 15 is 0 Å². The Morgan fingerprint density at radius 1 is 0.955 bits per heavy atom. The van der Waals surface area contributed by atoms with Crippen LogP contribution in [-0.4, -0.2) is 9.78 Å². The average molecular weight is 333 g/mol. The Morgan fingerprint density at radius 3 is 2.05 bits per heavy atom. The van der Waals surface area contributed by atoms with Crippen molar-refractivity contribution < 1.29 is 0 Å². The number of hydrogen-bond donors (Lipinski definition) is 1. The molecule has 0 unspecified atom stereocenters. The third-order valence-electron chi connectivity index (χ3n) is 3.18. The van der Waals surface area contributed by atoms with Crippen molar-refractivity contribution in [3.8, 4) is 16.9 Å². The first-order valence-electron chi connectivity index (χ1n) is 6.34. The summed E-state index contributed by atoms with van der Waals surface area (Å²) in [6, 6.07) is 13.9. The third-order valence-corrected chi connectivity index (χ3v) is 3.68. The van der Waals surface area contributed by atoms with E-state index in [1.54, 1.807) is 48.5 Å². The largest absolute Gasteiger partial charge is 0.382 e. The minimum absolute atomic E-state index is 0.0947. The highest BCUT2D eigenvalue weighted by Gasteiger charge is 2.19. The predicted molar refractivity (Wildman–Crippen MR) is 88.9 cm³/mol. The summed E-state index contributed by atoms with van der Waals surface area (Å²) in [7, 11) is 0. The molecule has 0 atom stereocenters. The molecule has 110 valence electrons. The van der Waals surface area contributed by atoms with Crippen molar-refractivity contribution in [2.24, 2.45) is 5.18 Å². The molecule has 7 heteroatoms. The quantitative estimate of drug-likeness (QED) is 0.698. The summed E-state index contributed by atoms with van der Waals surface area (Å²) < 4.78 is 1.46. The number of hydrogen-bond acceptors (Lipinski definition) is 4. The first-order valence-corrected chi connectivity index (χ1v) is 7.09. The van der Waals surface area contributed by atoms with Crippen LogP contribution in [0.2, 0.25) is 10.0 Å². The van der Waals surface area contributed by atoms with E-state index in [-0.39, 0.29) is 11.5 Å². The Labute approximate surface area is 136 Å². The first kappa shape index (κ1) is 14.6. The van der Waals surface area contributed by atoms with Crippen LogP contribution >= 0.6 is 23.2 Å². The van der Waals surface area contributed by atoms with Gasteiger partial charge in [-0.25, -0.2) is 4.68 Å². The number of nitrogens with zero attached hydrogens (tertiary/aromatic N) is 3. The number of rotatable bonds is 3. The molecule has 3 rings (SSSR count). The number of nitroso groups, excluding NO2 is 1. The maximum absolute atomic E-state index is 11.2. The van der Waals surface area contributed by atoms with E-state index in [2.05, 4.69) is 10.3 Å². The van der Waals surface area contributed by atoms with Crippen molar-refractivity contribution in [3.05, 3.63) is 63.5 Å². The predicted octanol–water partition coefficient (Wildman–Crippen LogP) is 4.83. The highest BCUT2D eigenvalue weighted by atomic mass is 35.5. The minimum atomic E-state index is 0.0947. The van der Waals surface area contributed by atoms with Crippen LogP contribution in [-0.2, 0) is 0 Å². The smallest absolute Gasteiger partial charge is 0.178 e. The second-order valence-corrected chi connectivity index (χ2v) is 5.44. The van der Waals surface area contributed by atoms with E-state index in [1.807, 2.05) is 0 Å². The van der Waals surface area contributed by atoms with Gasteiger partial charge in [0.25, 0.3) is 0 Å². The van der Waals surface area contributed by atoms with Gasteiger partial charge in [-0.05, 0) is 41.6 Å². The van der Waals surface area contributed by atoms with Crippen molar-refractivity contribution in [2.75, 3.05) is 5.73 Å². The zero-order chi connectivity index (χ0) is 15.7. The second-order valence-electron chi connectivity index (χ2n) is 4.57. The van der Waals surface area contributed by atoms with Crippen LogP contribution in [0.1, 0.15) is 0 Å². The molecule has 5 nitrogen and oxygen atoms in total. The summed E-state index contributed by atoms with van der Waals surface area (Å²) in [6.45, 7) is 0. The molecule has 0 spiro atoms. The molecule has 3 aromatic rings. The maximum Gasteiger partial charge on any atom is 0.178 e. The van der Waals surface area contributed by atoms with Gasteiger partial charge in [-0.1, -0.05) is 35.3 Å². The van der Waals surface area contributed by atoms with E-state index in [0.717, 1.165) is 0 Å². The van der Waals surface area contributed by atoms with Crippen molar-refractivity contribution in [2.45, 2.75) is 0 Å². The van der Waals surface area contributed by atoms with Crippen LogP contribution < -0.4 is 5.73 Å². The second kappa shape index (κ2) is 5.79. The summed E-state index contributed by atoms with van der Waals surface area (Å²) in [5, 5.41) is 8.60. The Bertz CT molecular complexity index is 826. The normalized spacial score (nSPS) is 10.6. The summed E-state index contributed by atoms with van der Waals surface area (Å²) >= 11 is 11.7. The van der Waals surface area contributed by atoms with E-state index in [0.29, 0.717) is 27.0 Å². The lowest BCUT2D eigenvalue weighted by Crippen LogP contribution is -2.01. The molecule has 1 aromatic heterocycles. The standard InChI is InChI=1S/C15H10Cl2N4O/c16-10-3-1-9(2-4-10)13-14(20-22)15(18)21(19-13)12-7-5-11(17)6-8-12/h1-8H,18H2. The number of anilines is 1. The molecule has 0 aliphatic rings. The molecule has 2 N–H and O–H groups in total. The molecule has 0 radical (unpaired) electrons. The molecule has 0 fully saturated rings. The number of halogens is 2. The lowest BCUT2D eigenvalue weighted by Gasteiger charge is -2.03. The molecule has 0 bridgehead atoms. The van der Waals surface area contributed by atoms with Crippen LogP contribution in [0, 0.1) is 4.91 Å². The molecule has 2 aromatic carbocycles. The molecule has 0 saturated heterocycles. The average Bonchev–Trinajstić information content (AvgIpc) is 2.85. The summed E-state index contributed by atoms with van der Waals surface area (Å²) in [5.74, 6) is 0.169. The number of aromatic nitrogens is 2. The van der Waals surface area contributed by atoms with E-state index in [1.165, 1.54) is 4.68 Å². The third kappa shape index (κ3) is 2.56. The summed E-state index contributed by atoms with van der Waals surface area (Å²) in [5.41, 5.74) is 7.89. The molecule has 0 aliphatic heterocycles. The van der Waals surface area contributed by atoms with Crippen molar-refractivity contribution in [1.82, 2.24) is 9.78 Å². The zero-order valence-electron chi connectivity index (χ0n) is 11.2. The Balaban J connectivity index is 2.16. The lowest BCUT2D eigenvalue weighted by atomic mass is 10.1. The van der Waals surface area contributed by atoms with Crippen molar-refractivity contribution >= 4 is 34.7 Å². The molecule has 22 heavy (non-hydrogen) atoms. The van der Waals surface area contributed by atoms with Crippen LogP contribution in [0.4, 0.5) is 11.5 Å². The van der Waals surface area contributed by atoms with Gasteiger partial charge in [0.2, 0.25) is 0 Å². The van der Waals surface area contributed by atoms with Gasteiger partial charge in [0.15, 0.2) is 11.5 Å². The van der Waals surface area contributed by atoms with Gasteiger partial charge >= 0.3 is 0 Å². The highest BCUT2D eigenvalue weighted by molar-refractivity contribution is 6.30.